The maximum Gasteiger partial charge on any atom is 0.264 e. The van der Waals surface area contributed by atoms with E-state index in [4.69, 9.17) is 4.74 Å². The predicted octanol–water partition coefficient (Wildman–Crippen LogP) is -0.643. The number of nitrogens with zero attached hydrogens (tertiary/aromatic N) is 5. The van der Waals surface area contributed by atoms with Crippen LogP contribution in [0.25, 0.3) is 11.0 Å². The number of aryl methyl sites for hydroxylation is 1. The van der Waals surface area contributed by atoms with E-state index < -0.39 is 0 Å². The summed E-state index contributed by atoms with van der Waals surface area (Å²) in [5, 5.41) is 7.35. The number of hydrogen-bond acceptors (Lipinski definition) is 6. The number of carbonyl (C=O) groups excluding carboxylic acids is 1. The zero-order valence-electron chi connectivity index (χ0n) is 14.9. The van der Waals surface area contributed by atoms with Crippen molar-refractivity contribution in [1.82, 2.24) is 29.5 Å². The van der Waals surface area contributed by atoms with Crippen LogP contribution in [-0.2, 0) is 23.1 Å². The molecule has 0 radical (unpaired) electrons. The molecule has 25 heavy (non-hydrogen) atoms. The van der Waals surface area contributed by atoms with Crippen molar-refractivity contribution in [1.29, 1.82) is 0 Å². The number of aromatic nitrogens is 4. The van der Waals surface area contributed by atoms with Gasteiger partial charge in [-0.05, 0) is 13.8 Å². The standard InChI is InChI=1S/C16H24N6O3/c1-16(2,22-4-6-25-7-5-22)10-17-13(23)9-21-11-18-14-12(15(21)24)8-19-20(14)3/h8,11H,4-7,9-10H2,1-3H3,(H,17,23). The Labute approximate surface area is 145 Å². The Kier molecular flexibility index (Phi) is 4.87. The number of morpholine rings is 1. The van der Waals surface area contributed by atoms with Crippen LogP contribution >= 0.6 is 0 Å². The smallest absolute Gasteiger partial charge is 0.264 e. The maximum absolute atomic E-state index is 12.4. The second-order valence-electron chi connectivity index (χ2n) is 6.87. The zero-order chi connectivity index (χ0) is 18.0. The van der Waals surface area contributed by atoms with E-state index in [1.807, 2.05) is 0 Å². The SMILES string of the molecule is Cn1ncc2c(=O)n(CC(=O)NCC(C)(C)N3CCOCC3)cnc21. The monoisotopic (exact) mass is 348 g/mol. The molecular weight excluding hydrogens is 324 g/mol. The van der Waals surface area contributed by atoms with Crippen LogP contribution in [0.1, 0.15) is 13.8 Å². The van der Waals surface area contributed by atoms with Gasteiger partial charge in [-0.1, -0.05) is 0 Å². The highest BCUT2D eigenvalue weighted by Gasteiger charge is 2.28. The highest BCUT2D eigenvalue weighted by molar-refractivity contribution is 5.77. The molecule has 9 nitrogen and oxygen atoms in total. The predicted molar refractivity (Wildman–Crippen MR) is 92.2 cm³/mol. The molecule has 0 saturated carbocycles. The van der Waals surface area contributed by atoms with Crippen LogP contribution in [0.15, 0.2) is 17.3 Å². The molecule has 136 valence electrons. The van der Waals surface area contributed by atoms with Crippen LogP contribution in [0.4, 0.5) is 0 Å². The van der Waals surface area contributed by atoms with Gasteiger partial charge in [0.1, 0.15) is 18.3 Å². The fraction of sp³-hybridized carbons (Fsp3) is 0.625. The number of rotatable bonds is 5. The summed E-state index contributed by atoms with van der Waals surface area (Å²) in [5.41, 5.74) is 0.0754. The molecule has 0 spiro atoms. The number of carbonyl (C=O) groups is 1. The van der Waals surface area contributed by atoms with E-state index in [-0.39, 0.29) is 23.6 Å². The first-order valence-corrected chi connectivity index (χ1v) is 8.35. The summed E-state index contributed by atoms with van der Waals surface area (Å²) < 4.78 is 8.21. The summed E-state index contributed by atoms with van der Waals surface area (Å²) in [5.74, 6) is -0.214. The van der Waals surface area contributed by atoms with E-state index in [1.165, 1.54) is 21.8 Å². The molecule has 2 aromatic rings. The lowest BCUT2D eigenvalue weighted by molar-refractivity contribution is -0.122. The lowest BCUT2D eigenvalue weighted by Crippen LogP contribution is -2.55. The molecule has 1 saturated heterocycles. The molecule has 3 rings (SSSR count). The quantitative estimate of drug-likeness (QED) is 0.772. The van der Waals surface area contributed by atoms with E-state index in [0.29, 0.717) is 30.8 Å². The second kappa shape index (κ2) is 6.93. The Hall–Kier alpha value is -2.26. The Morgan fingerprint density at radius 2 is 2.08 bits per heavy atom. The minimum Gasteiger partial charge on any atom is -0.379 e. The third-order valence-corrected chi connectivity index (χ3v) is 4.62. The van der Waals surface area contributed by atoms with Gasteiger partial charge in [-0.25, -0.2) is 4.98 Å². The Balaban J connectivity index is 1.63. The first-order chi connectivity index (χ1) is 11.9. The van der Waals surface area contributed by atoms with Crippen molar-refractivity contribution in [3.05, 3.63) is 22.9 Å². The summed E-state index contributed by atoms with van der Waals surface area (Å²) in [4.78, 5) is 31.2. The molecule has 0 bridgehead atoms. The molecule has 1 aliphatic heterocycles. The molecule has 1 amide bonds. The van der Waals surface area contributed by atoms with Crippen LogP contribution in [0.2, 0.25) is 0 Å². The van der Waals surface area contributed by atoms with Crippen molar-refractivity contribution in [2.75, 3.05) is 32.8 Å². The van der Waals surface area contributed by atoms with E-state index >= 15 is 0 Å². The summed E-state index contributed by atoms with van der Waals surface area (Å²) in [6, 6.07) is 0. The Bertz CT molecular complexity index is 819. The van der Waals surface area contributed by atoms with Gasteiger partial charge in [-0.15, -0.1) is 0 Å². The number of nitrogens with one attached hydrogen (secondary N) is 1. The van der Waals surface area contributed by atoms with Crippen molar-refractivity contribution < 1.29 is 9.53 Å². The molecular formula is C16H24N6O3. The minimum absolute atomic E-state index is 0.0597. The topological polar surface area (TPSA) is 94.3 Å². The highest BCUT2D eigenvalue weighted by Crippen LogP contribution is 2.15. The molecule has 9 heteroatoms. The van der Waals surface area contributed by atoms with E-state index in [0.717, 1.165) is 13.1 Å². The van der Waals surface area contributed by atoms with Gasteiger partial charge in [0, 0.05) is 32.2 Å². The normalized spacial score (nSPS) is 16.3. The van der Waals surface area contributed by atoms with Gasteiger partial charge in [0.25, 0.3) is 5.56 Å². The lowest BCUT2D eigenvalue weighted by Gasteiger charge is -2.40. The molecule has 3 heterocycles. The number of hydrogen-bond donors (Lipinski definition) is 1. The molecule has 1 aliphatic rings. The molecule has 1 fully saturated rings. The lowest BCUT2D eigenvalue weighted by atomic mass is 10.0. The van der Waals surface area contributed by atoms with Crippen LogP contribution in [0.3, 0.4) is 0 Å². The van der Waals surface area contributed by atoms with Gasteiger partial charge in [-0.2, -0.15) is 5.10 Å². The van der Waals surface area contributed by atoms with Crippen molar-refractivity contribution >= 4 is 16.9 Å². The second-order valence-corrected chi connectivity index (χ2v) is 6.87. The van der Waals surface area contributed by atoms with Crippen LogP contribution in [0, 0.1) is 0 Å². The van der Waals surface area contributed by atoms with Crippen molar-refractivity contribution in [3.8, 4) is 0 Å². The fourth-order valence-corrected chi connectivity index (χ4v) is 2.99. The van der Waals surface area contributed by atoms with Crippen LogP contribution in [-0.4, -0.2) is 68.5 Å². The molecule has 0 aromatic carbocycles. The number of fused-ring (bicyclic) bond motifs is 1. The molecule has 2 aromatic heterocycles. The Morgan fingerprint density at radius 1 is 1.36 bits per heavy atom. The van der Waals surface area contributed by atoms with Crippen molar-refractivity contribution in [2.45, 2.75) is 25.9 Å². The van der Waals surface area contributed by atoms with Crippen LogP contribution < -0.4 is 10.9 Å². The van der Waals surface area contributed by atoms with Crippen molar-refractivity contribution in [3.63, 3.8) is 0 Å². The molecule has 1 N–H and O–H groups in total. The summed E-state index contributed by atoms with van der Waals surface area (Å²) in [7, 11) is 1.72. The van der Waals surface area contributed by atoms with Gasteiger partial charge < -0.3 is 10.1 Å². The van der Waals surface area contributed by atoms with E-state index in [9.17, 15) is 9.59 Å². The third-order valence-electron chi connectivity index (χ3n) is 4.62. The van der Waals surface area contributed by atoms with Gasteiger partial charge in [0.05, 0.1) is 19.4 Å². The first-order valence-electron chi connectivity index (χ1n) is 8.35. The fourth-order valence-electron chi connectivity index (χ4n) is 2.99. The first kappa shape index (κ1) is 17.6. The molecule has 0 atom stereocenters. The maximum atomic E-state index is 12.4. The van der Waals surface area contributed by atoms with Gasteiger partial charge in [-0.3, -0.25) is 23.7 Å². The number of amides is 1. The minimum atomic E-state index is -0.263. The summed E-state index contributed by atoms with van der Waals surface area (Å²) in [6.45, 7) is 7.75. The molecule has 0 unspecified atom stereocenters. The third kappa shape index (κ3) is 3.72. The van der Waals surface area contributed by atoms with E-state index in [2.05, 4.69) is 34.1 Å². The van der Waals surface area contributed by atoms with E-state index in [1.54, 1.807) is 7.05 Å². The average Bonchev–Trinajstić information content (AvgIpc) is 2.98. The average molecular weight is 348 g/mol. The van der Waals surface area contributed by atoms with Gasteiger partial charge in [0.2, 0.25) is 5.91 Å². The van der Waals surface area contributed by atoms with Gasteiger partial charge in [0.15, 0.2) is 5.65 Å². The molecule has 0 aliphatic carbocycles. The highest BCUT2D eigenvalue weighted by atomic mass is 16.5. The summed E-state index contributed by atoms with van der Waals surface area (Å²) in [6.07, 6.45) is 2.86. The number of ether oxygens (including phenoxy) is 1. The zero-order valence-corrected chi connectivity index (χ0v) is 14.9. The van der Waals surface area contributed by atoms with Crippen LogP contribution in [0.5, 0.6) is 0 Å². The van der Waals surface area contributed by atoms with Gasteiger partial charge >= 0.3 is 0 Å². The summed E-state index contributed by atoms with van der Waals surface area (Å²) >= 11 is 0. The largest absolute Gasteiger partial charge is 0.379 e. The van der Waals surface area contributed by atoms with Crippen molar-refractivity contribution in [2.24, 2.45) is 7.05 Å². The Morgan fingerprint density at radius 3 is 2.80 bits per heavy atom.